The van der Waals surface area contributed by atoms with E-state index in [1.807, 2.05) is 6.92 Å². The molecule has 0 aliphatic carbocycles. The number of carboxylic acid groups (broad SMARTS) is 1. The van der Waals surface area contributed by atoms with Crippen LogP contribution in [0.15, 0.2) is 17.0 Å². The van der Waals surface area contributed by atoms with E-state index in [1.54, 1.807) is 13.8 Å². The van der Waals surface area contributed by atoms with Gasteiger partial charge in [0.15, 0.2) is 9.84 Å². The smallest absolute Gasteiger partial charge is 0.323 e. The number of hydrogen-bond donors (Lipinski definition) is 1. The van der Waals surface area contributed by atoms with Crippen molar-refractivity contribution in [3.05, 3.63) is 28.8 Å². The molecule has 122 valence electrons. The number of sulfone groups is 1. The second-order valence-electron chi connectivity index (χ2n) is 5.31. The van der Waals surface area contributed by atoms with E-state index in [-0.39, 0.29) is 10.5 Å². The molecular formula is C15H21NO5S. The molecular weight excluding hydrogens is 306 g/mol. The van der Waals surface area contributed by atoms with Crippen LogP contribution in [0.25, 0.3) is 0 Å². The second-order valence-corrected chi connectivity index (χ2v) is 7.32. The largest absolute Gasteiger partial charge is 0.480 e. The zero-order valence-electron chi connectivity index (χ0n) is 13.2. The molecule has 1 N–H and O–H groups in total. The van der Waals surface area contributed by atoms with Crippen LogP contribution in [-0.4, -0.2) is 49.6 Å². The molecule has 0 aliphatic heterocycles. The molecule has 1 amide bonds. The normalized spacial score (nSPS) is 11.3. The van der Waals surface area contributed by atoms with Gasteiger partial charge in [0, 0.05) is 18.4 Å². The molecule has 0 fully saturated rings. The number of hydrogen-bond acceptors (Lipinski definition) is 4. The summed E-state index contributed by atoms with van der Waals surface area (Å²) in [5.41, 5.74) is 1.57. The summed E-state index contributed by atoms with van der Waals surface area (Å²) in [7, 11) is -3.45. The highest BCUT2D eigenvalue weighted by Gasteiger charge is 2.22. The number of amides is 1. The Morgan fingerprint density at radius 3 is 2.27 bits per heavy atom. The Balaban J connectivity index is 3.37. The maximum Gasteiger partial charge on any atom is 0.323 e. The van der Waals surface area contributed by atoms with Crippen LogP contribution in [0.3, 0.4) is 0 Å². The average molecular weight is 327 g/mol. The van der Waals surface area contributed by atoms with Gasteiger partial charge < -0.3 is 10.0 Å². The lowest BCUT2D eigenvalue weighted by Crippen LogP contribution is -2.36. The number of carboxylic acids is 1. The number of benzene rings is 1. The number of aliphatic carboxylic acids is 1. The molecule has 0 saturated heterocycles. The van der Waals surface area contributed by atoms with E-state index in [4.69, 9.17) is 5.11 Å². The van der Waals surface area contributed by atoms with Gasteiger partial charge in [-0.3, -0.25) is 9.59 Å². The fourth-order valence-electron chi connectivity index (χ4n) is 2.12. The van der Waals surface area contributed by atoms with Crippen LogP contribution in [0.5, 0.6) is 0 Å². The van der Waals surface area contributed by atoms with Crippen molar-refractivity contribution >= 4 is 21.7 Å². The molecule has 0 saturated carbocycles. The average Bonchev–Trinajstić information content (AvgIpc) is 2.38. The van der Waals surface area contributed by atoms with Crippen molar-refractivity contribution < 1.29 is 23.1 Å². The highest BCUT2D eigenvalue weighted by Crippen LogP contribution is 2.21. The van der Waals surface area contributed by atoms with E-state index in [9.17, 15) is 18.0 Å². The van der Waals surface area contributed by atoms with Gasteiger partial charge in [-0.15, -0.1) is 0 Å². The molecule has 0 spiro atoms. The topological polar surface area (TPSA) is 91.8 Å². The minimum absolute atomic E-state index is 0.0609. The lowest BCUT2D eigenvalue weighted by atomic mass is 10.0. The van der Waals surface area contributed by atoms with Crippen molar-refractivity contribution in [2.45, 2.75) is 32.1 Å². The van der Waals surface area contributed by atoms with Gasteiger partial charge >= 0.3 is 5.97 Å². The SMILES string of the molecule is CCCN(CC(=O)O)C(=O)c1cc(S(C)(=O)=O)cc(C)c1C. The molecule has 0 aliphatic rings. The van der Waals surface area contributed by atoms with E-state index in [0.717, 1.165) is 6.26 Å². The molecule has 0 unspecified atom stereocenters. The van der Waals surface area contributed by atoms with Crippen molar-refractivity contribution in [3.8, 4) is 0 Å². The van der Waals surface area contributed by atoms with Gasteiger partial charge in [-0.25, -0.2) is 8.42 Å². The van der Waals surface area contributed by atoms with Gasteiger partial charge in [0.1, 0.15) is 6.54 Å². The lowest BCUT2D eigenvalue weighted by molar-refractivity contribution is -0.137. The van der Waals surface area contributed by atoms with E-state index in [0.29, 0.717) is 24.1 Å². The fraction of sp³-hybridized carbons (Fsp3) is 0.467. The summed E-state index contributed by atoms with van der Waals surface area (Å²) >= 11 is 0. The Kier molecular flexibility index (Phi) is 5.71. The van der Waals surface area contributed by atoms with Gasteiger partial charge in [0.05, 0.1) is 4.90 Å². The van der Waals surface area contributed by atoms with Crippen LogP contribution in [0.4, 0.5) is 0 Å². The molecule has 0 aromatic heterocycles. The summed E-state index contributed by atoms with van der Waals surface area (Å²) in [6.07, 6.45) is 1.69. The highest BCUT2D eigenvalue weighted by molar-refractivity contribution is 7.90. The Hall–Kier alpha value is -1.89. The minimum atomic E-state index is -3.45. The van der Waals surface area contributed by atoms with Gasteiger partial charge in [-0.1, -0.05) is 6.92 Å². The summed E-state index contributed by atoms with van der Waals surface area (Å²) < 4.78 is 23.5. The molecule has 1 rings (SSSR count). The van der Waals surface area contributed by atoms with E-state index in [1.165, 1.54) is 17.0 Å². The summed E-state index contributed by atoms with van der Waals surface area (Å²) in [5.74, 6) is -1.56. The maximum atomic E-state index is 12.6. The predicted molar refractivity (Wildman–Crippen MR) is 82.9 cm³/mol. The van der Waals surface area contributed by atoms with Crippen LogP contribution < -0.4 is 0 Å². The first-order valence-corrected chi connectivity index (χ1v) is 8.79. The van der Waals surface area contributed by atoms with Crippen LogP contribution >= 0.6 is 0 Å². The van der Waals surface area contributed by atoms with Crippen molar-refractivity contribution in [2.75, 3.05) is 19.3 Å². The number of rotatable bonds is 6. The van der Waals surface area contributed by atoms with Crippen molar-refractivity contribution in [3.63, 3.8) is 0 Å². The van der Waals surface area contributed by atoms with Gasteiger partial charge in [-0.2, -0.15) is 0 Å². The Labute approximate surface area is 130 Å². The fourth-order valence-corrected chi connectivity index (χ4v) is 2.84. The molecule has 0 heterocycles. The maximum absolute atomic E-state index is 12.6. The molecule has 6 nitrogen and oxygen atoms in total. The summed E-state index contributed by atoms with van der Waals surface area (Å²) in [4.78, 5) is 24.8. The Morgan fingerprint density at radius 2 is 1.82 bits per heavy atom. The highest BCUT2D eigenvalue weighted by atomic mass is 32.2. The zero-order valence-corrected chi connectivity index (χ0v) is 14.0. The Bertz CT molecular complexity index is 694. The van der Waals surface area contributed by atoms with Gasteiger partial charge in [0.25, 0.3) is 5.91 Å². The van der Waals surface area contributed by atoms with E-state index >= 15 is 0 Å². The molecule has 7 heteroatoms. The molecule has 22 heavy (non-hydrogen) atoms. The van der Waals surface area contributed by atoms with Gasteiger partial charge in [-0.05, 0) is 43.5 Å². The van der Waals surface area contributed by atoms with Crippen molar-refractivity contribution in [2.24, 2.45) is 0 Å². The first-order valence-electron chi connectivity index (χ1n) is 6.90. The first-order chi connectivity index (χ1) is 10.1. The van der Waals surface area contributed by atoms with Gasteiger partial charge in [0.2, 0.25) is 0 Å². The molecule has 0 bridgehead atoms. The third-order valence-electron chi connectivity index (χ3n) is 3.41. The minimum Gasteiger partial charge on any atom is -0.480 e. The first kappa shape index (κ1) is 18.2. The number of nitrogens with zero attached hydrogens (tertiary/aromatic N) is 1. The van der Waals surface area contributed by atoms with Crippen molar-refractivity contribution in [1.82, 2.24) is 4.90 Å². The molecule has 1 aromatic rings. The number of carbonyl (C=O) groups excluding carboxylic acids is 1. The second kappa shape index (κ2) is 6.91. The lowest BCUT2D eigenvalue weighted by Gasteiger charge is -2.22. The Morgan fingerprint density at radius 1 is 1.23 bits per heavy atom. The van der Waals surface area contributed by atoms with Crippen LogP contribution in [0.1, 0.15) is 34.8 Å². The zero-order chi connectivity index (χ0) is 17.1. The van der Waals surface area contributed by atoms with Crippen LogP contribution in [0, 0.1) is 13.8 Å². The number of carbonyl (C=O) groups is 2. The monoisotopic (exact) mass is 327 g/mol. The van der Waals surface area contributed by atoms with E-state index < -0.39 is 28.3 Å². The quantitative estimate of drug-likeness (QED) is 0.857. The molecule has 0 radical (unpaired) electrons. The summed E-state index contributed by atoms with van der Waals surface area (Å²) in [6, 6.07) is 2.84. The third kappa shape index (κ3) is 4.30. The molecule has 1 aromatic carbocycles. The molecule has 0 atom stereocenters. The summed E-state index contributed by atoms with van der Waals surface area (Å²) in [6.45, 7) is 5.18. The van der Waals surface area contributed by atoms with Crippen LogP contribution in [-0.2, 0) is 14.6 Å². The van der Waals surface area contributed by atoms with Crippen LogP contribution in [0.2, 0.25) is 0 Å². The predicted octanol–water partition coefficient (Wildman–Crippen LogP) is 1.64. The third-order valence-corrected chi connectivity index (χ3v) is 4.50. The standard InChI is InChI=1S/C15H21NO5S/c1-5-6-16(9-14(17)18)15(19)13-8-12(22(4,20)21)7-10(2)11(13)3/h7-8H,5-6,9H2,1-4H3,(H,17,18). The van der Waals surface area contributed by atoms with E-state index in [2.05, 4.69) is 0 Å². The number of aryl methyl sites for hydroxylation is 1. The van der Waals surface area contributed by atoms with Crippen molar-refractivity contribution in [1.29, 1.82) is 0 Å². The summed E-state index contributed by atoms with van der Waals surface area (Å²) in [5, 5.41) is 8.92.